The lowest BCUT2D eigenvalue weighted by atomic mass is 10.0. The maximum Gasteiger partial charge on any atom is 0.326 e. The summed E-state index contributed by atoms with van der Waals surface area (Å²) in [6, 6.07) is 11.6. The third kappa shape index (κ3) is 6.74. The predicted molar refractivity (Wildman–Crippen MR) is 102 cm³/mol. The standard InChI is InChI=1S/C21H20FN3O4/c1-13(26)24-18(10-15-5-3-7-17(22)9-15)20(27)25-19(21(28)29)11-14-4-2-6-16(8-14)12-23/h2-9,18-19H,10-11H2,1H3,(H,24,26)(H,25,27)(H,28,29)/t18-,19+/m0/s1. The van der Waals surface area contributed by atoms with Crippen LogP contribution in [-0.2, 0) is 27.2 Å². The van der Waals surface area contributed by atoms with Crippen LogP contribution in [0.2, 0.25) is 0 Å². The van der Waals surface area contributed by atoms with Gasteiger partial charge in [-0.1, -0.05) is 24.3 Å². The molecule has 0 saturated carbocycles. The lowest BCUT2D eigenvalue weighted by molar-refractivity contribution is -0.142. The highest BCUT2D eigenvalue weighted by Gasteiger charge is 2.26. The number of benzene rings is 2. The van der Waals surface area contributed by atoms with Crippen molar-refractivity contribution in [2.24, 2.45) is 0 Å². The molecular weight excluding hydrogens is 377 g/mol. The first-order chi connectivity index (χ1) is 13.8. The third-order valence-corrected chi connectivity index (χ3v) is 4.13. The Morgan fingerprint density at radius 3 is 2.24 bits per heavy atom. The number of carboxylic acids is 1. The van der Waals surface area contributed by atoms with Gasteiger partial charge in [-0.25, -0.2) is 9.18 Å². The zero-order valence-corrected chi connectivity index (χ0v) is 15.7. The van der Waals surface area contributed by atoms with Crippen LogP contribution in [0, 0.1) is 17.1 Å². The van der Waals surface area contributed by atoms with Crippen molar-refractivity contribution in [3.63, 3.8) is 0 Å². The molecule has 0 spiro atoms. The minimum Gasteiger partial charge on any atom is -0.480 e. The number of hydrogen-bond acceptors (Lipinski definition) is 4. The van der Waals surface area contributed by atoms with E-state index in [-0.39, 0.29) is 12.8 Å². The van der Waals surface area contributed by atoms with E-state index in [0.717, 1.165) is 0 Å². The van der Waals surface area contributed by atoms with Crippen LogP contribution in [-0.4, -0.2) is 35.0 Å². The summed E-state index contributed by atoms with van der Waals surface area (Å²) in [6.07, 6.45) is -0.0389. The molecule has 2 aromatic carbocycles. The summed E-state index contributed by atoms with van der Waals surface area (Å²) < 4.78 is 13.4. The Morgan fingerprint density at radius 1 is 1.03 bits per heavy atom. The van der Waals surface area contributed by atoms with Gasteiger partial charge >= 0.3 is 5.97 Å². The number of aliphatic carboxylic acids is 1. The van der Waals surface area contributed by atoms with Crippen LogP contribution < -0.4 is 10.6 Å². The molecule has 0 aromatic heterocycles. The van der Waals surface area contributed by atoms with Crippen molar-refractivity contribution >= 4 is 17.8 Å². The fourth-order valence-corrected chi connectivity index (χ4v) is 2.83. The van der Waals surface area contributed by atoms with Crippen molar-refractivity contribution < 1.29 is 23.9 Å². The van der Waals surface area contributed by atoms with Crippen LogP contribution in [0.25, 0.3) is 0 Å². The smallest absolute Gasteiger partial charge is 0.326 e. The highest BCUT2D eigenvalue weighted by Crippen LogP contribution is 2.10. The molecule has 29 heavy (non-hydrogen) atoms. The molecule has 0 fully saturated rings. The molecule has 0 unspecified atom stereocenters. The van der Waals surface area contributed by atoms with Gasteiger partial charge < -0.3 is 15.7 Å². The fraction of sp³-hybridized carbons (Fsp3) is 0.238. The number of nitrogens with zero attached hydrogens (tertiary/aromatic N) is 1. The Labute approximate surface area is 167 Å². The van der Waals surface area contributed by atoms with Crippen LogP contribution in [0.5, 0.6) is 0 Å². The van der Waals surface area contributed by atoms with E-state index in [1.54, 1.807) is 30.3 Å². The zero-order chi connectivity index (χ0) is 21.4. The Hall–Kier alpha value is -3.73. The molecule has 0 heterocycles. The minimum absolute atomic E-state index is 0.000566. The van der Waals surface area contributed by atoms with Gasteiger partial charge in [0.15, 0.2) is 0 Å². The Balaban J connectivity index is 2.16. The third-order valence-electron chi connectivity index (χ3n) is 4.13. The number of carbonyl (C=O) groups excluding carboxylic acids is 2. The maximum absolute atomic E-state index is 13.4. The van der Waals surface area contributed by atoms with Gasteiger partial charge in [0.1, 0.15) is 17.9 Å². The quantitative estimate of drug-likeness (QED) is 0.624. The maximum atomic E-state index is 13.4. The molecule has 7 nitrogen and oxygen atoms in total. The van der Waals surface area contributed by atoms with E-state index in [9.17, 15) is 23.9 Å². The first-order valence-corrected chi connectivity index (χ1v) is 8.82. The SMILES string of the molecule is CC(=O)N[C@@H](Cc1cccc(F)c1)C(=O)N[C@H](Cc1cccc(C#N)c1)C(=O)O. The first kappa shape index (κ1) is 21.6. The Kier molecular flexibility index (Phi) is 7.43. The van der Waals surface area contributed by atoms with Gasteiger partial charge in [0.05, 0.1) is 11.6 Å². The number of amides is 2. The topological polar surface area (TPSA) is 119 Å². The molecule has 8 heteroatoms. The van der Waals surface area contributed by atoms with Gasteiger partial charge in [-0.05, 0) is 35.4 Å². The van der Waals surface area contributed by atoms with E-state index in [1.807, 2.05) is 6.07 Å². The molecule has 2 rings (SSSR count). The van der Waals surface area contributed by atoms with Crippen molar-refractivity contribution in [1.29, 1.82) is 5.26 Å². The molecular formula is C21H20FN3O4. The van der Waals surface area contributed by atoms with Gasteiger partial charge in [0, 0.05) is 19.8 Å². The van der Waals surface area contributed by atoms with Crippen LogP contribution in [0.15, 0.2) is 48.5 Å². The largest absolute Gasteiger partial charge is 0.480 e. The molecule has 3 N–H and O–H groups in total. The van der Waals surface area contributed by atoms with Crippen LogP contribution >= 0.6 is 0 Å². The lowest BCUT2D eigenvalue weighted by Gasteiger charge is -2.21. The van der Waals surface area contributed by atoms with E-state index >= 15 is 0 Å². The molecule has 0 saturated heterocycles. The van der Waals surface area contributed by atoms with Gasteiger partial charge in [-0.2, -0.15) is 5.26 Å². The van der Waals surface area contributed by atoms with Crippen molar-refractivity contribution in [3.05, 3.63) is 71.0 Å². The van der Waals surface area contributed by atoms with Gasteiger partial charge in [-0.3, -0.25) is 9.59 Å². The van der Waals surface area contributed by atoms with Crippen LogP contribution in [0.4, 0.5) is 4.39 Å². The van der Waals surface area contributed by atoms with Crippen molar-refractivity contribution in [2.45, 2.75) is 31.8 Å². The van der Waals surface area contributed by atoms with E-state index < -0.39 is 35.7 Å². The number of hydrogen-bond donors (Lipinski definition) is 3. The summed E-state index contributed by atoms with van der Waals surface area (Å²) in [6.45, 7) is 1.23. The van der Waals surface area contributed by atoms with Gasteiger partial charge in [0.2, 0.25) is 11.8 Å². The fourth-order valence-electron chi connectivity index (χ4n) is 2.83. The number of rotatable bonds is 8. The number of halogens is 1. The number of carboxylic acid groups (broad SMARTS) is 1. The van der Waals surface area contributed by atoms with Crippen LogP contribution in [0.1, 0.15) is 23.6 Å². The highest BCUT2D eigenvalue weighted by molar-refractivity contribution is 5.90. The summed E-state index contributed by atoms with van der Waals surface area (Å²) in [7, 11) is 0. The zero-order valence-electron chi connectivity index (χ0n) is 15.7. The lowest BCUT2D eigenvalue weighted by Crippen LogP contribution is -2.52. The molecule has 0 bridgehead atoms. The highest BCUT2D eigenvalue weighted by atomic mass is 19.1. The second-order valence-electron chi connectivity index (χ2n) is 6.50. The molecule has 2 aromatic rings. The van der Waals surface area contributed by atoms with Gasteiger partial charge in [-0.15, -0.1) is 0 Å². The monoisotopic (exact) mass is 397 g/mol. The average molecular weight is 397 g/mol. The first-order valence-electron chi connectivity index (χ1n) is 8.82. The molecule has 2 atom stereocenters. The molecule has 150 valence electrons. The second-order valence-corrected chi connectivity index (χ2v) is 6.50. The summed E-state index contributed by atoms with van der Waals surface area (Å²) in [5, 5.41) is 23.3. The Morgan fingerprint density at radius 2 is 1.66 bits per heavy atom. The van der Waals surface area contributed by atoms with E-state index in [2.05, 4.69) is 10.6 Å². The minimum atomic E-state index is -1.26. The predicted octanol–water partition coefficient (Wildman–Crippen LogP) is 1.56. The van der Waals surface area contributed by atoms with Crippen molar-refractivity contribution in [1.82, 2.24) is 10.6 Å². The number of carbonyl (C=O) groups is 3. The Bertz CT molecular complexity index is 955. The van der Waals surface area contributed by atoms with E-state index in [4.69, 9.17) is 5.26 Å². The molecule has 0 radical (unpaired) electrons. The molecule has 0 aliphatic heterocycles. The van der Waals surface area contributed by atoms with Crippen LogP contribution in [0.3, 0.4) is 0 Å². The molecule has 0 aliphatic carbocycles. The van der Waals surface area contributed by atoms with Crippen molar-refractivity contribution in [3.8, 4) is 6.07 Å². The van der Waals surface area contributed by atoms with Crippen molar-refractivity contribution in [2.75, 3.05) is 0 Å². The number of nitrogens with one attached hydrogen (secondary N) is 2. The summed E-state index contributed by atoms with van der Waals surface area (Å²) in [5.74, 6) is -2.92. The summed E-state index contributed by atoms with van der Waals surface area (Å²) in [4.78, 5) is 35.8. The van der Waals surface area contributed by atoms with E-state index in [1.165, 1.54) is 25.1 Å². The molecule has 2 amide bonds. The summed E-state index contributed by atoms with van der Waals surface area (Å²) >= 11 is 0. The van der Waals surface area contributed by atoms with E-state index in [0.29, 0.717) is 16.7 Å². The second kappa shape index (κ2) is 9.99. The molecule has 0 aliphatic rings. The normalized spacial score (nSPS) is 12.3. The summed E-state index contributed by atoms with van der Waals surface area (Å²) in [5.41, 5.74) is 1.42. The number of nitriles is 1. The van der Waals surface area contributed by atoms with Gasteiger partial charge in [0.25, 0.3) is 0 Å². The average Bonchev–Trinajstić information content (AvgIpc) is 2.66.